The van der Waals surface area contributed by atoms with E-state index in [0.717, 1.165) is 55.2 Å². The summed E-state index contributed by atoms with van der Waals surface area (Å²) in [5, 5.41) is 14.4. The Morgan fingerprint density at radius 1 is 1.28 bits per heavy atom. The first-order chi connectivity index (χ1) is 12.3. The number of urea groups is 1. The largest absolute Gasteiger partial charge is 0.493 e. The van der Waals surface area contributed by atoms with Crippen molar-refractivity contribution in [3.8, 4) is 5.75 Å². The monoisotopic (exact) mass is 341 g/mol. The van der Waals surface area contributed by atoms with Gasteiger partial charge in [0.2, 0.25) is 0 Å². The average Bonchev–Trinajstić information content (AvgIpc) is 3.17. The van der Waals surface area contributed by atoms with Crippen LogP contribution in [-0.4, -0.2) is 33.9 Å². The van der Waals surface area contributed by atoms with Crippen molar-refractivity contribution in [2.75, 3.05) is 13.2 Å². The summed E-state index contributed by atoms with van der Waals surface area (Å²) in [6, 6.07) is 7.74. The summed E-state index contributed by atoms with van der Waals surface area (Å²) in [5.41, 5.74) is 1.05. The minimum atomic E-state index is -0.150. The van der Waals surface area contributed by atoms with Crippen LogP contribution >= 0.6 is 0 Å². The molecule has 0 spiro atoms. The van der Waals surface area contributed by atoms with E-state index in [1.807, 2.05) is 24.3 Å². The molecule has 1 aromatic heterocycles. The number of hydrogen-bond acceptors (Lipinski definition) is 4. The third kappa shape index (κ3) is 3.45. The first-order valence-corrected chi connectivity index (χ1v) is 8.98. The topological polar surface area (TPSA) is 81.1 Å². The molecule has 0 saturated carbocycles. The van der Waals surface area contributed by atoms with Crippen LogP contribution in [0.15, 0.2) is 24.3 Å². The molecule has 2 aliphatic heterocycles. The van der Waals surface area contributed by atoms with E-state index in [1.54, 1.807) is 0 Å². The Kier molecular flexibility index (Phi) is 4.54. The van der Waals surface area contributed by atoms with Crippen molar-refractivity contribution in [3.05, 3.63) is 41.5 Å². The van der Waals surface area contributed by atoms with Gasteiger partial charge in [-0.2, -0.15) is 0 Å². The fourth-order valence-corrected chi connectivity index (χ4v) is 3.57. The summed E-state index contributed by atoms with van der Waals surface area (Å²) in [6.45, 7) is 2.23. The quantitative estimate of drug-likeness (QED) is 0.891. The molecule has 25 heavy (non-hydrogen) atoms. The fraction of sp³-hybridized carbons (Fsp3) is 0.500. The van der Waals surface area contributed by atoms with Crippen LogP contribution in [0.25, 0.3) is 0 Å². The van der Waals surface area contributed by atoms with Gasteiger partial charge >= 0.3 is 6.03 Å². The molecule has 1 unspecified atom stereocenters. The number of nitrogens with zero attached hydrogens (tertiary/aromatic N) is 3. The first kappa shape index (κ1) is 15.9. The standard InChI is InChI=1S/C18H23N5O2/c24-18(19-10-9-17-22-21-16-8-3-11-23(16)17)20-14-6-4-12-25-15-7-2-1-5-13(14)15/h1-2,5,7,14H,3-4,6,8-12H2,(H2,19,20,24). The van der Waals surface area contributed by atoms with E-state index in [9.17, 15) is 4.79 Å². The van der Waals surface area contributed by atoms with E-state index in [1.165, 1.54) is 0 Å². The third-order valence-electron chi connectivity index (χ3n) is 4.81. The molecule has 0 fully saturated rings. The molecule has 0 saturated heterocycles. The van der Waals surface area contributed by atoms with Gasteiger partial charge < -0.3 is 19.9 Å². The van der Waals surface area contributed by atoms with Gasteiger partial charge in [0.15, 0.2) is 0 Å². The number of aromatic nitrogens is 3. The predicted octanol–water partition coefficient (Wildman–Crippen LogP) is 1.98. The van der Waals surface area contributed by atoms with Gasteiger partial charge in [-0.3, -0.25) is 0 Å². The van der Waals surface area contributed by atoms with E-state index >= 15 is 0 Å². The molecule has 0 aliphatic carbocycles. The van der Waals surface area contributed by atoms with Gasteiger partial charge in [0.05, 0.1) is 12.6 Å². The number of nitrogens with one attached hydrogen (secondary N) is 2. The van der Waals surface area contributed by atoms with E-state index in [2.05, 4.69) is 25.4 Å². The first-order valence-electron chi connectivity index (χ1n) is 8.98. The van der Waals surface area contributed by atoms with E-state index < -0.39 is 0 Å². The molecule has 4 rings (SSSR count). The minimum Gasteiger partial charge on any atom is -0.493 e. The lowest BCUT2D eigenvalue weighted by molar-refractivity contribution is 0.236. The second-order valence-corrected chi connectivity index (χ2v) is 6.52. The lowest BCUT2D eigenvalue weighted by Gasteiger charge is -2.18. The highest BCUT2D eigenvalue weighted by Gasteiger charge is 2.21. The average molecular weight is 341 g/mol. The molecule has 3 heterocycles. The Balaban J connectivity index is 1.31. The fourth-order valence-electron chi connectivity index (χ4n) is 3.57. The number of ether oxygens (including phenoxy) is 1. The molecule has 1 aromatic carbocycles. The number of rotatable bonds is 4. The molecule has 7 nitrogen and oxygen atoms in total. The third-order valence-corrected chi connectivity index (χ3v) is 4.81. The SMILES string of the molecule is O=C(NCCc1nnc2n1CCC2)NC1CCCOc2ccccc21. The number of amides is 2. The molecular formula is C18H23N5O2. The number of aryl methyl sites for hydroxylation is 1. The molecule has 0 bridgehead atoms. The Morgan fingerprint density at radius 2 is 2.20 bits per heavy atom. The Morgan fingerprint density at radius 3 is 3.16 bits per heavy atom. The summed E-state index contributed by atoms with van der Waals surface area (Å²) in [7, 11) is 0. The maximum atomic E-state index is 12.3. The molecule has 7 heteroatoms. The lowest BCUT2D eigenvalue weighted by Crippen LogP contribution is -2.39. The summed E-state index contributed by atoms with van der Waals surface area (Å²) >= 11 is 0. The highest BCUT2D eigenvalue weighted by molar-refractivity contribution is 5.74. The number of carbonyl (C=O) groups excluding carboxylic acids is 1. The van der Waals surface area contributed by atoms with Gasteiger partial charge in [-0.1, -0.05) is 18.2 Å². The predicted molar refractivity (Wildman–Crippen MR) is 92.5 cm³/mol. The summed E-state index contributed by atoms with van der Waals surface area (Å²) in [4.78, 5) is 12.3. The van der Waals surface area contributed by atoms with Crippen LogP contribution in [-0.2, 0) is 19.4 Å². The van der Waals surface area contributed by atoms with E-state index in [0.29, 0.717) is 19.6 Å². The number of benzene rings is 1. The van der Waals surface area contributed by atoms with Crippen molar-refractivity contribution in [1.82, 2.24) is 25.4 Å². The van der Waals surface area contributed by atoms with Gasteiger partial charge in [0.25, 0.3) is 0 Å². The van der Waals surface area contributed by atoms with Crippen LogP contribution in [0.4, 0.5) is 4.79 Å². The molecule has 2 amide bonds. The normalized spacial score (nSPS) is 18.6. The molecular weight excluding hydrogens is 318 g/mol. The number of fused-ring (bicyclic) bond motifs is 2. The Labute approximate surface area is 146 Å². The minimum absolute atomic E-state index is 0.0176. The van der Waals surface area contributed by atoms with Crippen molar-refractivity contribution in [2.45, 2.75) is 44.7 Å². The van der Waals surface area contributed by atoms with Crippen LogP contribution in [0, 0.1) is 0 Å². The summed E-state index contributed by atoms with van der Waals surface area (Å²) < 4.78 is 7.91. The number of para-hydroxylation sites is 1. The molecule has 2 aliphatic rings. The molecule has 1 atom stereocenters. The number of carbonyl (C=O) groups is 1. The highest BCUT2D eigenvalue weighted by Crippen LogP contribution is 2.30. The summed E-state index contributed by atoms with van der Waals surface area (Å²) in [6.07, 6.45) is 4.64. The maximum absolute atomic E-state index is 12.3. The van der Waals surface area contributed by atoms with Crippen molar-refractivity contribution in [3.63, 3.8) is 0 Å². The summed E-state index contributed by atoms with van der Waals surface area (Å²) in [5.74, 6) is 2.89. The van der Waals surface area contributed by atoms with Gasteiger partial charge in [0, 0.05) is 31.5 Å². The molecule has 0 radical (unpaired) electrons. The Hall–Kier alpha value is -2.57. The molecule has 2 aromatic rings. The lowest BCUT2D eigenvalue weighted by atomic mass is 10.0. The second-order valence-electron chi connectivity index (χ2n) is 6.52. The molecule has 132 valence electrons. The highest BCUT2D eigenvalue weighted by atomic mass is 16.5. The van der Waals surface area contributed by atoms with E-state index in [4.69, 9.17) is 4.74 Å². The smallest absolute Gasteiger partial charge is 0.315 e. The van der Waals surface area contributed by atoms with Gasteiger partial charge in [0.1, 0.15) is 17.4 Å². The van der Waals surface area contributed by atoms with Crippen LogP contribution < -0.4 is 15.4 Å². The van der Waals surface area contributed by atoms with Crippen LogP contribution in [0.3, 0.4) is 0 Å². The van der Waals surface area contributed by atoms with Crippen molar-refractivity contribution >= 4 is 6.03 Å². The number of hydrogen-bond donors (Lipinski definition) is 2. The second kappa shape index (κ2) is 7.13. The van der Waals surface area contributed by atoms with Gasteiger partial charge in [-0.25, -0.2) is 4.79 Å². The van der Waals surface area contributed by atoms with Crippen LogP contribution in [0.2, 0.25) is 0 Å². The molecule has 2 N–H and O–H groups in total. The zero-order valence-electron chi connectivity index (χ0n) is 14.2. The van der Waals surface area contributed by atoms with Gasteiger partial charge in [-0.15, -0.1) is 10.2 Å². The van der Waals surface area contributed by atoms with Crippen LogP contribution in [0.5, 0.6) is 5.75 Å². The van der Waals surface area contributed by atoms with Crippen molar-refractivity contribution < 1.29 is 9.53 Å². The van der Waals surface area contributed by atoms with Crippen molar-refractivity contribution in [1.29, 1.82) is 0 Å². The van der Waals surface area contributed by atoms with E-state index in [-0.39, 0.29) is 12.1 Å². The van der Waals surface area contributed by atoms with Crippen LogP contribution in [0.1, 0.15) is 42.5 Å². The maximum Gasteiger partial charge on any atom is 0.315 e. The zero-order chi connectivity index (χ0) is 17.1. The Bertz CT molecular complexity index is 758. The van der Waals surface area contributed by atoms with Crippen molar-refractivity contribution in [2.24, 2.45) is 0 Å². The zero-order valence-corrected chi connectivity index (χ0v) is 14.2. The van der Waals surface area contributed by atoms with Gasteiger partial charge in [-0.05, 0) is 25.3 Å².